The highest BCUT2D eigenvalue weighted by atomic mass is 19.4. The summed E-state index contributed by atoms with van der Waals surface area (Å²) in [4.78, 5) is 3.22. The van der Waals surface area contributed by atoms with Crippen molar-refractivity contribution in [3.05, 3.63) is 29.8 Å². The summed E-state index contributed by atoms with van der Waals surface area (Å²) >= 11 is 0. The predicted octanol–water partition coefficient (Wildman–Crippen LogP) is 2.64. The molecule has 1 aromatic rings. The maximum absolute atomic E-state index is 12.1. The van der Waals surface area contributed by atoms with Gasteiger partial charge in [-0.05, 0) is 6.72 Å². The van der Waals surface area contributed by atoms with Crippen molar-refractivity contribution < 1.29 is 13.2 Å². The first-order valence-corrected chi connectivity index (χ1v) is 3.01. The van der Waals surface area contributed by atoms with Crippen molar-refractivity contribution in [3.63, 3.8) is 0 Å². The predicted molar refractivity (Wildman–Crippen MR) is 38.3 cm³/mol. The monoisotopic (exact) mass is 171 g/mol. The molecule has 0 unspecified atom stereocenters. The lowest BCUT2D eigenvalue weighted by molar-refractivity contribution is -0.137. The topological polar surface area (TPSA) is 12.4 Å². The summed E-state index contributed by atoms with van der Waals surface area (Å²) in [6, 6.07) is 6.46. The smallest absolute Gasteiger partial charge is 0.263 e. The maximum atomic E-state index is 12.1. The molecule has 4 heteroatoms. The minimum atomic E-state index is -4.40. The van der Waals surface area contributed by atoms with E-state index < -0.39 is 11.7 Å². The van der Waals surface area contributed by atoms with Crippen LogP contribution >= 0.6 is 0 Å². The Bertz CT molecular complexity index is 291. The lowest BCUT2D eigenvalue weighted by Gasteiger charge is -2.06. The van der Waals surface area contributed by atoms with Crippen molar-refractivity contribution in [2.45, 2.75) is 6.18 Å². The molecule has 0 aliphatic heterocycles. The number of rotatable bonds is 1. The van der Waals surface area contributed by atoms with E-state index in [1.807, 2.05) is 0 Å². The first-order valence-electron chi connectivity index (χ1n) is 3.01. The van der Waals surface area contributed by atoms with Crippen molar-refractivity contribution in [3.8, 4) is 0 Å². The summed E-state index contributed by atoms with van der Waals surface area (Å²) in [5.74, 6) is 0. The molecule has 0 saturated heterocycles. The SMILES string of the molecule is C=Nc1cc#ccc1C(F)(F)F. The fraction of sp³-hybridized carbons (Fsp3) is 0.125. The second-order valence-electron chi connectivity index (χ2n) is 2.03. The molecule has 0 saturated carbocycles. The number of aliphatic imine (C=N–C) groups is 1. The van der Waals surface area contributed by atoms with Crippen molar-refractivity contribution in [1.82, 2.24) is 0 Å². The molecular weight excluding hydrogens is 167 g/mol. The standard InChI is InChI=1S/C8H4F3N/c1-12-7-5-3-2-4-6(7)8(9,10)11/h4-5H,1H2. The third-order valence-electron chi connectivity index (χ3n) is 1.26. The normalized spacial score (nSPS) is 10.6. The van der Waals surface area contributed by atoms with Crippen LogP contribution in [0, 0.1) is 12.1 Å². The fourth-order valence-corrected chi connectivity index (χ4v) is 0.733. The average Bonchev–Trinajstić information content (AvgIpc) is 2.03. The summed E-state index contributed by atoms with van der Waals surface area (Å²) in [6.07, 6.45) is -4.40. The van der Waals surface area contributed by atoms with E-state index in [0.717, 1.165) is 12.1 Å². The Kier molecular flexibility index (Phi) is 2.05. The van der Waals surface area contributed by atoms with Crippen LogP contribution in [0.5, 0.6) is 0 Å². The van der Waals surface area contributed by atoms with Crippen LogP contribution < -0.4 is 0 Å². The van der Waals surface area contributed by atoms with Crippen molar-refractivity contribution in [2.24, 2.45) is 4.99 Å². The van der Waals surface area contributed by atoms with Gasteiger partial charge >= 0.3 is 6.18 Å². The van der Waals surface area contributed by atoms with Crippen molar-refractivity contribution in [1.29, 1.82) is 0 Å². The molecule has 0 radical (unpaired) electrons. The summed E-state index contributed by atoms with van der Waals surface area (Å²) < 4.78 is 36.3. The van der Waals surface area contributed by atoms with Crippen LogP contribution in [0.15, 0.2) is 17.1 Å². The minimum absolute atomic E-state index is 0.221. The zero-order valence-corrected chi connectivity index (χ0v) is 5.94. The second-order valence-corrected chi connectivity index (χ2v) is 2.03. The molecule has 0 bridgehead atoms. The Balaban J connectivity index is 3.23. The van der Waals surface area contributed by atoms with Crippen LogP contribution in [0.4, 0.5) is 18.9 Å². The highest BCUT2D eigenvalue weighted by Gasteiger charge is 2.33. The third kappa shape index (κ3) is 1.56. The van der Waals surface area contributed by atoms with E-state index in [2.05, 4.69) is 23.8 Å². The molecule has 0 fully saturated rings. The zero-order valence-electron chi connectivity index (χ0n) is 5.94. The molecule has 0 aliphatic rings. The Morgan fingerprint density at radius 3 is 2.25 bits per heavy atom. The Morgan fingerprint density at radius 1 is 1.25 bits per heavy atom. The van der Waals surface area contributed by atoms with Crippen LogP contribution in [0.25, 0.3) is 0 Å². The maximum Gasteiger partial charge on any atom is 0.419 e. The van der Waals surface area contributed by atoms with Gasteiger partial charge in [0.1, 0.15) is 0 Å². The van der Waals surface area contributed by atoms with Crippen LogP contribution in [0.2, 0.25) is 0 Å². The van der Waals surface area contributed by atoms with Gasteiger partial charge in [0.15, 0.2) is 0 Å². The van der Waals surface area contributed by atoms with Crippen LogP contribution in [-0.4, -0.2) is 6.72 Å². The van der Waals surface area contributed by atoms with Crippen LogP contribution in [0.1, 0.15) is 5.56 Å². The summed E-state index contributed by atoms with van der Waals surface area (Å²) in [5.41, 5.74) is -1.06. The molecule has 1 aromatic carbocycles. The molecular formula is C8H4F3N. The second kappa shape index (κ2) is 2.86. The Labute approximate surface area is 67.6 Å². The van der Waals surface area contributed by atoms with Gasteiger partial charge in [0.2, 0.25) is 0 Å². The first kappa shape index (κ1) is 8.60. The van der Waals surface area contributed by atoms with Crippen LogP contribution in [-0.2, 0) is 6.18 Å². The molecule has 0 heterocycles. The molecule has 0 aliphatic carbocycles. The van der Waals surface area contributed by atoms with E-state index in [-0.39, 0.29) is 5.69 Å². The zero-order chi connectivity index (χ0) is 9.19. The van der Waals surface area contributed by atoms with Gasteiger partial charge in [-0.15, -0.1) is 0 Å². The quantitative estimate of drug-likeness (QED) is 0.576. The van der Waals surface area contributed by atoms with Gasteiger partial charge in [-0.3, -0.25) is 4.99 Å². The molecule has 0 spiro atoms. The number of hydrogen-bond acceptors (Lipinski definition) is 1. The number of nitrogens with zero attached hydrogens (tertiary/aromatic N) is 1. The van der Waals surface area contributed by atoms with E-state index in [4.69, 9.17) is 0 Å². The van der Waals surface area contributed by atoms with Gasteiger partial charge in [0.25, 0.3) is 0 Å². The lowest BCUT2D eigenvalue weighted by atomic mass is 10.2. The van der Waals surface area contributed by atoms with Gasteiger partial charge in [-0.25, -0.2) is 0 Å². The van der Waals surface area contributed by atoms with Gasteiger partial charge in [0, 0.05) is 12.1 Å². The van der Waals surface area contributed by atoms with Crippen molar-refractivity contribution in [2.75, 3.05) is 0 Å². The van der Waals surface area contributed by atoms with E-state index in [0.29, 0.717) is 0 Å². The molecule has 62 valence electrons. The first-order chi connectivity index (χ1) is 5.55. The Hall–Kier alpha value is -1.50. The highest BCUT2D eigenvalue weighted by molar-refractivity contribution is 5.51. The summed E-state index contributed by atoms with van der Waals surface area (Å²) in [6.45, 7) is 3.02. The van der Waals surface area contributed by atoms with Gasteiger partial charge in [-0.1, -0.05) is 12.1 Å². The van der Waals surface area contributed by atoms with E-state index in [1.54, 1.807) is 0 Å². The van der Waals surface area contributed by atoms with Crippen LogP contribution in [0.3, 0.4) is 0 Å². The largest absolute Gasteiger partial charge is 0.419 e. The summed E-state index contributed by atoms with van der Waals surface area (Å²) in [5, 5.41) is 0. The highest BCUT2D eigenvalue weighted by Crippen LogP contribution is 2.34. The molecule has 1 rings (SSSR count). The van der Waals surface area contributed by atoms with Gasteiger partial charge in [-0.2, -0.15) is 13.2 Å². The van der Waals surface area contributed by atoms with Crippen molar-refractivity contribution >= 4 is 12.4 Å². The molecule has 0 amide bonds. The fourth-order valence-electron chi connectivity index (χ4n) is 0.733. The number of halogens is 3. The molecule has 1 nitrogen and oxygen atoms in total. The molecule has 0 atom stereocenters. The summed E-state index contributed by atoms with van der Waals surface area (Å²) in [7, 11) is 0. The molecule has 0 N–H and O–H groups in total. The van der Waals surface area contributed by atoms with E-state index >= 15 is 0 Å². The minimum Gasteiger partial charge on any atom is -0.263 e. The number of hydrogen-bond donors (Lipinski definition) is 0. The number of alkyl halides is 3. The lowest BCUT2D eigenvalue weighted by Crippen LogP contribution is -2.04. The molecule has 0 aromatic heterocycles. The van der Waals surface area contributed by atoms with E-state index in [1.165, 1.54) is 0 Å². The van der Waals surface area contributed by atoms with Gasteiger partial charge < -0.3 is 0 Å². The third-order valence-corrected chi connectivity index (χ3v) is 1.26. The average molecular weight is 171 g/mol. The molecule has 12 heavy (non-hydrogen) atoms. The van der Waals surface area contributed by atoms with Gasteiger partial charge in [0.05, 0.1) is 11.3 Å². The van der Waals surface area contributed by atoms with E-state index in [9.17, 15) is 13.2 Å². The Morgan fingerprint density at radius 2 is 1.83 bits per heavy atom.